The zero-order valence-electron chi connectivity index (χ0n) is 17.0. The standard InChI is InChI=1S/C22H47NO/c1-3-4-5-6-7-8-9-10-11-12-13-14-15-16-17-18-19-22(2,20-23)21-24/h24H,3-21,23H2,1-2H3. The van der Waals surface area contributed by atoms with E-state index in [0.29, 0.717) is 6.54 Å². The van der Waals surface area contributed by atoms with Crippen LogP contribution < -0.4 is 5.73 Å². The molecular formula is C22H47NO. The van der Waals surface area contributed by atoms with Crippen LogP contribution >= 0.6 is 0 Å². The molecule has 24 heavy (non-hydrogen) atoms. The molecule has 3 N–H and O–H groups in total. The van der Waals surface area contributed by atoms with Crippen LogP contribution in [-0.2, 0) is 0 Å². The van der Waals surface area contributed by atoms with Gasteiger partial charge < -0.3 is 10.8 Å². The summed E-state index contributed by atoms with van der Waals surface area (Å²) in [5, 5.41) is 9.33. The molecule has 0 bridgehead atoms. The molecule has 0 radical (unpaired) electrons. The van der Waals surface area contributed by atoms with Crippen molar-refractivity contribution in [2.45, 2.75) is 123 Å². The SMILES string of the molecule is CCCCCCCCCCCCCCCCCCC(C)(CN)CO. The van der Waals surface area contributed by atoms with Crippen molar-refractivity contribution in [1.82, 2.24) is 0 Å². The van der Waals surface area contributed by atoms with Gasteiger partial charge in [-0.1, -0.05) is 117 Å². The van der Waals surface area contributed by atoms with Gasteiger partial charge in [-0.3, -0.25) is 0 Å². The van der Waals surface area contributed by atoms with E-state index in [1.807, 2.05) is 0 Å². The lowest BCUT2D eigenvalue weighted by molar-refractivity contribution is 0.136. The van der Waals surface area contributed by atoms with Crippen molar-refractivity contribution in [3.05, 3.63) is 0 Å². The second kappa shape index (κ2) is 17.7. The van der Waals surface area contributed by atoms with Gasteiger partial charge in [-0.2, -0.15) is 0 Å². The van der Waals surface area contributed by atoms with Gasteiger partial charge in [-0.05, 0) is 13.0 Å². The van der Waals surface area contributed by atoms with Crippen LogP contribution in [0.3, 0.4) is 0 Å². The molecule has 0 spiro atoms. The number of hydrogen-bond acceptors (Lipinski definition) is 2. The Balaban J connectivity index is 3.13. The second-order valence-corrected chi connectivity index (χ2v) is 8.23. The molecule has 0 rings (SSSR count). The zero-order valence-corrected chi connectivity index (χ0v) is 17.0. The monoisotopic (exact) mass is 341 g/mol. The summed E-state index contributed by atoms with van der Waals surface area (Å²) in [5.41, 5.74) is 5.68. The van der Waals surface area contributed by atoms with E-state index in [4.69, 9.17) is 5.73 Å². The van der Waals surface area contributed by atoms with E-state index in [2.05, 4.69) is 13.8 Å². The molecule has 0 aliphatic heterocycles. The highest BCUT2D eigenvalue weighted by Gasteiger charge is 2.20. The van der Waals surface area contributed by atoms with E-state index in [0.717, 1.165) is 6.42 Å². The molecule has 2 nitrogen and oxygen atoms in total. The zero-order chi connectivity index (χ0) is 17.9. The smallest absolute Gasteiger partial charge is 0.0496 e. The van der Waals surface area contributed by atoms with Gasteiger partial charge >= 0.3 is 0 Å². The molecule has 0 aromatic heterocycles. The first-order chi connectivity index (χ1) is 11.7. The Morgan fingerprint density at radius 3 is 1.25 bits per heavy atom. The van der Waals surface area contributed by atoms with Crippen molar-refractivity contribution in [3.8, 4) is 0 Å². The fourth-order valence-electron chi connectivity index (χ4n) is 3.35. The Bertz CT molecular complexity index is 238. The van der Waals surface area contributed by atoms with Crippen molar-refractivity contribution in [2.75, 3.05) is 13.2 Å². The molecule has 0 heterocycles. The van der Waals surface area contributed by atoms with Gasteiger partial charge in [0, 0.05) is 12.0 Å². The predicted octanol–water partition coefficient (Wildman–Crippen LogP) is 6.60. The molecular weight excluding hydrogens is 294 g/mol. The topological polar surface area (TPSA) is 46.2 Å². The van der Waals surface area contributed by atoms with Crippen LogP contribution in [0.2, 0.25) is 0 Å². The molecule has 0 aliphatic rings. The predicted molar refractivity (Wildman–Crippen MR) is 108 cm³/mol. The van der Waals surface area contributed by atoms with Gasteiger partial charge in [0.15, 0.2) is 0 Å². The summed E-state index contributed by atoms with van der Waals surface area (Å²) in [6.45, 7) is 5.21. The first kappa shape index (κ1) is 23.9. The van der Waals surface area contributed by atoms with E-state index in [9.17, 15) is 5.11 Å². The van der Waals surface area contributed by atoms with Gasteiger partial charge in [0.1, 0.15) is 0 Å². The molecule has 0 saturated carbocycles. The minimum atomic E-state index is -0.0456. The molecule has 0 fully saturated rings. The molecule has 0 aromatic carbocycles. The van der Waals surface area contributed by atoms with Crippen LogP contribution in [-0.4, -0.2) is 18.3 Å². The van der Waals surface area contributed by atoms with E-state index in [1.54, 1.807) is 0 Å². The summed E-state index contributed by atoms with van der Waals surface area (Å²) in [4.78, 5) is 0. The average molecular weight is 342 g/mol. The maximum Gasteiger partial charge on any atom is 0.0496 e. The lowest BCUT2D eigenvalue weighted by Crippen LogP contribution is -2.30. The summed E-state index contributed by atoms with van der Waals surface area (Å²) in [6, 6.07) is 0. The van der Waals surface area contributed by atoms with Crippen LogP contribution in [0.5, 0.6) is 0 Å². The summed E-state index contributed by atoms with van der Waals surface area (Å²) < 4.78 is 0. The third-order valence-electron chi connectivity index (χ3n) is 5.51. The summed E-state index contributed by atoms with van der Waals surface area (Å²) in [5.74, 6) is 0. The minimum absolute atomic E-state index is 0.0456. The normalized spacial score (nSPS) is 14.0. The fourth-order valence-corrected chi connectivity index (χ4v) is 3.35. The highest BCUT2D eigenvalue weighted by atomic mass is 16.3. The number of unbranched alkanes of at least 4 members (excludes halogenated alkanes) is 15. The van der Waals surface area contributed by atoms with E-state index in [-0.39, 0.29) is 12.0 Å². The first-order valence-corrected chi connectivity index (χ1v) is 11.0. The third kappa shape index (κ3) is 15.4. The largest absolute Gasteiger partial charge is 0.396 e. The van der Waals surface area contributed by atoms with E-state index >= 15 is 0 Å². The Hall–Kier alpha value is -0.0800. The maximum absolute atomic E-state index is 9.33. The molecule has 0 aliphatic carbocycles. The Morgan fingerprint density at radius 1 is 0.625 bits per heavy atom. The van der Waals surface area contributed by atoms with E-state index in [1.165, 1.54) is 103 Å². The summed E-state index contributed by atoms with van der Waals surface area (Å²) >= 11 is 0. The van der Waals surface area contributed by atoms with Gasteiger partial charge in [-0.15, -0.1) is 0 Å². The Morgan fingerprint density at radius 2 is 0.958 bits per heavy atom. The lowest BCUT2D eigenvalue weighted by Gasteiger charge is -2.24. The maximum atomic E-state index is 9.33. The highest BCUT2D eigenvalue weighted by Crippen LogP contribution is 2.23. The van der Waals surface area contributed by atoms with Crippen LogP contribution in [0.4, 0.5) is 0 Å². The summed E-state index contributed by atoms with van der Waals surface area (Å²) in [7, 11) is 0. The molecule has 1 unspecified atom stereocenters. The molecule has 0 saturated heterocycles. The second-order valence-electron chi connectivity index (χ2n) is 8.23. The fraction of sp³-hybridized carbons (Fsp3) is 1.00. The van der Waals surface area contributed by atoms with Crippen molar-refractivity contribution in [3.63, 3.8) is 0 Å². The van der Waals surface area contributed by atoms with Crippen molar-refractivity contribution < 1.29 is 5.11 Å². The Labute approximate surface area is 153 Å². The number of aliphatic hydroxyl groups excluding tert-OH is 1. The minimum Gasteiger partial charge on any atom is -0.396 e. The number of hydrogen-bond donors (Lipinski definition) is 2. The lowest BCUT2D eigenvalue weighted by atomic mass is 9.85. The molecule has 2 heteroatoms. The van der Waals surface area contributed by atoms with Crippen LogP contribution in [0, 0.1) is 5.41 Å². The van der Waals surface area contributed by atoms with Gasteiger partial charge in [0.2, 0.25) is 0 Å². The number of nitrogens with two attached hydrogens (primary N) is 1. The van der Waals surface area contributed by atoms with Crippen molar-refractivity contribution >= 4 is 0 Å². The van der Waals surface area contributed by atoms with Gasteiger partial charge in [0.25, 0.3) is 0 Å². The van der Waals surface area contributed by atoms with E-state index < -0.39 is 0 Å². The van der Waals surface area contributed by atoms with Gasteiger partial charge in [0.05, 0.1) is 0 Å². The average Bonchev–Trinajstić information content (AvgIpc) is 2.61. The number of rotatable bonds is 19. The van der Waals surface area contributed by atoms with Crippen LogP contribution in [0.25, 0.3) is 0 Å². The van der Waals surface area contributed by atoms with Gasteiger partial charge in [-0.25, -0.2) is 0 Å². The number of aliphatic hydroxyl groups is 1. The van der Waals surface area contributed by atoms with Crippen LogP contribution in [0.1, 0.15) is 123 Å². The third-order valence-corrected chi connectivity index (χ3v) is 5.51. The Kier molecular flexibility index (Phi) is 17.7. The highest BCUT2D eigenvalue weighted by molar-refractivity contribution is 4.73. The first-order valence-electron chi connectivity index (χ1n) is 11.0. The molecule has 1 atom stereocenters. The van der Waals surface area contributed by atoms with Crippen molar-refractivity contribution in [1.29, 1.82) is 0 Å². The molecule has 0 aromatic rings. The summed E-state index contributed by atoms with van der Waals surface area (Å²) in [6.07, 6.45) is 23.5. The molecule has 146 valence electrons. The van der Waals surface area contributed by atoms with Crippen LogP contribution in [0.15, 0.2) is 0 Å². The quantitative estimate of drug-likeness (QED) is 0.260. The van der Waals surface area contributed by atoms with Crippen molar-refractivity contribution in [2.24, 2.45) is 11.1 Å². The molecule has 0 amide bonds.